The van der Waals surface area contributed by atoms with Gasteiger partial charge in [-0.05, 0) is 49.7 Å². The van der Waals surface area contributed by atoms with Crippen LogP contribution in [0, 0.1) is 6.92 Å². The molecule has 0 aliphatic carbocycles. The number of benzene rings is 1. The van der Waals surface area contributed by atoms with E-state index < -0.39 is 10.0 Å². The van der Waals surface area contributed by atoms with E-state index in [0.29, 0.717) is 12.2 Å². The predicted octanol–water partition coefficient (Wildman–Crippen LogP) is 3.16. The highest BCUT2D eigenvalue weighted by Gasteiger charge is 2.14. The van der Waals surface area contributed by atoms with Gasteiger partial charge in [0.2, 0.25) is 0 Å². The van der Waals surface area contributed by atoms with E-state index in [-0.39, 0.29) is 4.90 Å². The number of methoxy groups -OCH3 is 1. The van der Waals surface area contributed by atoms with Crippen LogP contribution in [-0.4, -0.2) is 21.2 Å². The highest BCUT2D eigenvalue weighted by Crippen LogP contribution is 2.18. The molecule has 0 aliphatic rings. The van der Waals surface area contributed by atoms with Crippen molar-refractivity contribution >= 4 is 27.1 Å². The first-order chi connectivity index (χ1) is 10.5. The van der Waals surface area contributed by atoms with Gasteiger partial charge in [0, 0.05) is 4.88 Å². The average Bonchev–Trinajstić information content (AvgIpc) is 2.94. The number of ether oxygens (including phenoxy) is 1. The molecule has 2 rings (SSSR count). The molecule has 118 valence electrons. The molecule has 0 amide bonds. The molecule has 0 fully saturated rings. The maximum atomic E-state index is 12.2. The molecule has 0 atom stereocenters. The van der Waals surface area contributed by atoms with Gasteiger partial charge in [0.25, 0.3) is 10.0 Å². The van der Waals surface area contributed by atoms with Crippen molar-refractivity contribution in [3.63, 3.8) is 0 Å². The highest BCUT2D eigenvalue weighted by molar-refractivity contribution is 7.89. The van der Waals surface area contributed by atoms with Crippen LogP contribution in [0.4, 0.5) is 0 Å². The summed E-state index contributed by atoms with van der Waals surface area (Å²) in [6.45, 7) is 3.94. The van der Waals surface area contributed by atoms with Gasteiger partial charge in [-0.3, -0.25) is 0 Å². The number of sulfonamides is 1. The maximum absolute atomic E-state index is 12.2. The third kappa shape index (κ3) is 3.86. The minimum atomic E-state index is -3.68. The van der Waals surface area contributed by atoms with Crippen LogP contribution in [0.25, 0.3) is 0 Å². The fourth-order valence-corrected chi connectivity index (χ4v) is 3.58. The summed E-state index contributed by atoms with van der Waals surface area (Å²) in [5.74, 6) is 0.603. The lowest BCUT2D eigenvalue weighted by Gasteiger charge is -2.06. The van der Waals surface area contributed by atoms with E-state index in [0.717, 1.165) is 15.5 Å². The van der Waals surface area contributed by atoms with Crippen molar-refractivity contribution < 1.29 is 13.2 Å². The summed E-state index contributed by atoms with van der Waals surface area (Å²) < 4.78 is 29.5. The van der Waals surface area contributed by atoms with E-state index >= 15 is 0 Å². The molecule has 0 unspecified atom stereocenters. The van der Waals surface area contributed by atoms with Crippen molar-refractivity contribution in [1.29, 1.82) is 0 Å². The number of nitrogens with one attached hydrogen (secondary N) is 1. The zero-order chi connectivity index (χ0) is 16.2. The Kier molecular flexibility index (Phi) is 5.20. The SMILES string of the molecule is CC/C(=N/NS(=O)(=O)c1ccc(OC)cc1)c1ccc(C)s1. The van der Waals surface area contributed by atoms with Crippen molar-refractivity contribution in [1.82, 2.24) is 4.83 Å². The Balaban J connectivity index is 2.21. The summed E-state index contributed by atoms with van der Waals surface area (Å²) >= 11 is 1.59. The Hall–Kier alpha value is -1.86. The third-order valence-corrected chi connectivity index (χ3v) is 5.30. The topological polar surface area (TPSA) is 67.8 Å². The minimum absolute atomic E-state index is 0.148. The lowest BCUT2D eigenvalue weighted by atomic mass is 10.2. The van der Waals surface area contributed by atoms with Gasteiger partial charge in [-0.15, -0.1) is 11.3 Å². The molecule has 7 heteroatoms. The fourth-order valence-electron chi connectivity index (χ4n) is 1.82. The lowest BCUT2D eigenvalue weighted by Crippen LogP contribution is -2.20. The summed E-state index contributed by atoms with van der Waals surface area (Å²) in [6.07, 6.45) is 0.644. The minimum Gasteiger partial charge on any atom is -0.497 e. The van der Waals surface area contributed by atoms with Gasteiger partial charge < -0.3 is 4.74 Å². The first-order valence-electron chi connectivity index (χ1n) is 6.75. The second kappa shape index (κ2) is 6.93. The Morgan fingerprint density at radius 3 is 2.41 bits per heavy atom. The van der Waals surface area contributed by atoms with E-state index in [9.17, 15) is 8.42 Å². The quantitative estimate of drug-likeness (QED) is 0.650. The number of nitrogens with zero attached hydrogens (tertiary/aromatic N) is 1. The fraction of sp³-hybridized carbons (Fsp3) is 0.267. The molecule has 0 radical (unpaired) electrons. The van der Waals surface area contributed by atoms with Crippen molar-refractivity contribution in [3.05, 3.63) is 46.2 Å². The van der Waals surface area contributed by atoms with Crippen LogP contribution in [0.2, 0.25) is 0 Å². The number of hydrogen-bond donors (Lipinski definition) is 1. The smallest absolute Gasteiger partial charge is 0.276 e. The van der Waals surface area contributed by atoms with Crippen LogP contribution in [0.15, 0.2) is 46.4 Å². The largest absolute Gasteiger partial charge is 0.497 e. The van der Waals surface area contributed by atoms with Crippen molar-refractivity contribution in [3.8, 4) is 5.75 Å². The molecule has 0 saturated carbocycles. The van der Waals surface area contributed by atoms with Gasteiger partial charge in [-0.1, -0.05) is 6.92 Å². The van der Waals surface area contributed by atoms with E-state index in [2.05, 4.69) is 9.93 Å². The zero-order valence-corrected chi connectivity index (χ0v) is 14.3. The van der Waals surface area contributed by atoms with Crippen LogP contribution in [-0.2, 0) is 10.0 Å². The number of hydrogen-bond acceptors (Lipinski definition) is 5. The van der Waals surface area contributed by atoms with Gasteiger partial charge in [-0.2, -0.15) is 18.4 Å². The molecular formula is C15H18N2O3S2. The normalized spacial score (nSPS) is 12.2. The molecule has 0 spiro atoms. The molecule has 0 aliphatic heterocycles. The number of rotatable bonds is 6. The zero-order valence-electron chi connectivity index (χ0n) is 12.7. The first kappa shape index (κ1) is 16.5. The standard InChI is InChI=1S/C15H18N2O3S2/c1-4-14(15-10-5-11(2)21-15)16-17-22(18,19)13-8-6-12(20-3)7-9-13/h5-10,17H,4H2,1-3H3/b16-14-. The Bertz CT molecular complexity index is 762. The third-order valence-electron chi connectivity index (χ3n) is 3.03. The van der Waals surface area contributed by atoms with E-state index in [1.165, 1.54) is 19.2 Å². The van der Waals surface area contributed by atoms with Gasteiger partial charge >= 0.3 is 0 Å². The molecule has 1 heterocycles. The van der Waals surface area contributed by atoms with Gasteiger partial charge in [-0.25, -0.2) is 0 Å². The summed E-state index contributed by atoms with van der Waals surface area (Å²) in [4.78, 5) is 4.58. The van der Waals surface area contributed by atoms with E-state index in [1.54, 1.807) is 23.5 Å². The second-order valence-corrected chi connectivity index (χ2v) is 7.54. The van der Waals surface area contributed by atoms with Crippen molar-refractivity contribution in [2.24, 2.45) is 5.10 Å². The second-order valence-electron chi connectivity index (χ2n) is 4.59. The first-order valence-corrected chi connectivity index (χ1v) is 9.05. The lowest BCUT2D eigenvalue weighted by molar-refractivity contribution is 0.414. The molecule has 22 heavy (non-hydrogen) atoms. The van der Waals surface area contributed by atoms with Crippen LogP contribution in [0.1, 0.15) is 23.1 Å². The monoisotopic (exact) mass is 338 g/mol. The highest BCUT2D eigenvalue weighted by atomic mass is 32.2. The predicted molar refractivity (Wildman–Crippen MR) is 89.2 cm³/mol. The molecule has 0 bridgehead atoms. The van der Waals surface area contributed by atoms with Crippen LogP contribution < -0.4 is 9.57 Å². The summed E-state index contributed by atoms with van der Waals surface area (Å²) in [5, 5.41) is 4.07. The van der Waals surface area contributed by atoms with Crippen LogP contribution in [0.5, 0.6) is 5.75 Å². The molecular weight excluding hydrogens is 320 g/mol. The molecule has 1 aromatic carbocycles. The van der Waals surface area contributed by atoms with Gasteiger partial charge in [0.15, 0.2) is 0 Å². The number of thiophene rings is 1. The summed E-state index contributed by atoms with van der Waals surface area (Å²) in [5.41, 5.74) is 0.718. The molecule has 5 nitrogen and oxygen atoms in total. The number of aryl methyl sites for hydroxylation is 1. The summed E-state index contributed by atoms with van der Waals surface area (Å²) in [7, 11) is -2.15. The summed E-state index contributed by atoms with van der Waals surface area (Å²) in [6, 6.07) is 10.1. The van der Waals surface area contributed by atoms with Crippen molar-refractivity contribution in [2.75, 3.05) is 7.11 Å². The van der Waals surface area contributed by atoms with E-state index in [4.69, 9.17) is 4.74 Å². The van der Waals surface area contributed by atoms with Crippen molar-refractivity contribution in [2.45, 2.75) is 25.2 Å². The average molecular weight is 338 g/mol. The molecule has 1 aromatic heterocycles. The Morgan fingerprint density at radius 2 is 1.91 bits per heavy atom. The van der Waals surface area contributed by atoms with Crippen LogP contribution in [0.3, 0.4) is 0 Å². The Morgan fingerprint density at radius 1 is 1.23 bits per heavy atom. The van der Waals surface area contributed by atoms with Gasteiger partial charge in [0.05, 0.1) is 22.6 Å². The molecule has 0 saturated heterocycles. The molecule has 1 N–H and O–H groups in total. The van der Waals surface area contributed by atoms with Crippen LogP contribution >= 0.6 is 11.3 Å². The maximum Gasteiger partial charge on any atom is 0.276 e. The van der Waals surface area contributed by atoms with Gasteiger partial charge in [0.1, 0.15) is 5.75 Å². The Labute approximate surface area is 134 Å². The number of hydrazone groups is 1. The molecule has 2 aromatic rings. The van der Waals surface area contributed by atoms with E-state index in [1.807, 2.05) is 26.0 Å².